The quantitative estimate of drug-likeness (QED) is 0.738. The number of hydrogen-bond donors (Lipinski definition) is 1. The molecule has 5 nitrogen and oxygen atoms in total. The van der Waals surface area contributed by atoms with Gasteiger partial charge in [-0.1, -0.05) is 36.4 Å². The molecular weight excluding hydrogens is 326 g/mol. The fraction of sp³-hybridized carbons (Fsp3) is 0.0556. The average Bonchev–Trinajstić information content (AvgIpc) is 2.61. The molecule has 0 saturated carbocycles. The van der Waals surface area contributed by atoms with Crippen molar-refractivity contribution in [1.29, 1.82) is 0 Å². The standard InChI is InChI=1S/C18H15NO4S/c1-23-18(20)14-9-11-15(12-10-14)24(21,22)19-17-8-4-6-13-5-2-3-7-16(13)17/h2-12,19H,1H3. The summed E-state index contributed by atoms with van der Waals surface area (Å²) in [6.45, 7) is 0. The fourth-order valence-electron chi connectivity index (χ4n) is 2.41. The number of ether oxygens (including phenoxy) is 1. The van der Waals surface area contributed by atoms with E-state index in [1.807, 2.05) is 30.3 Å². The second-order valence-electron chi connectivity index (χ2n) is 5.15. The van der Waals surface area contributed by atoms with E-state index in [2.05, 4.69) is 9.46 Å². The Morgan fingerprint density at radius 1 is 0.917 bits per heavy atom. The molecule has 122 valence electrons. The van der Waals surface area contributed by atoms with E-state index in [1.165, 1.54) is 31.4 Å². The first kappa shape index (κ1) is 16.0. The normalized spacial score (nSPS) is 11.2. The van der Waals surface area contributed by atoms with E-state index in [9.17, 15) is 13.2 Å². The van der Waals surface area contributed by atoms with Gasteiger partial charge in [0.15, 0.2) is 0 Å². The Hall–Kier alpha value is -2.86. The summed E-state index contributed by atoms with van der Waals surface area (Å²) >= 11 is 0. The summed E-state index contributed by atoms with van der Waals surface area (Å²) in [5, 5.41) is 1.76. The Morgan fingerprint density at radius 2 is 1.58 bits per heavy atom. The summed E-state index contributed by atoms with van der Waals surface area (Å²) in [5.41, 5.74) is 0.798. The Kier molecular flexibility index (Phi) is 4.22. The third-order valence-corrected chi connectivity index (χ3v) is 5.00. The molecule has 3 aromatic rings. The van der Waals surface area contributed by atoms with Gasteiger partial charge in [-0.25, -0.2) is 13.2 Å². The molecule has 0 bridgehead atoms. The maximum absolute atomic E-state index is 12.6. The van der Waals surface area contributed by atoms with Crippen LogP contribution >= 0.6 is 0 Å². The van der Waals surface area contributed by atoms with Crippen molar-refractivity contribution >= 4 is 32.5 Å². The number of fused-ring (bicyclic) bond motifs is 1. The highest BCUT2D eigenvalue weighted by Gasteiger charge is 2.16. The summed E-state index contributed by atoms with van der Waals surface area (Å²) in [5.74, 6) is -0.513. The molecule has 0 spiro atoms. The van der Waals surface area contributed by atoms with Crippen molar-refractivity contribution in [2.24, 2.45) is 0 Å². The van der Waals surface area contributed by atoms with Gasteiger partial charge < -0.3 is 4.74 Å². The monoisotopic (exact) mass is 341 g/mol. The highest BCUT2D eigenvalue weighted by molar-refractivity contribution is 7.92. The van der Waals surface area contributed by atoms with Crippen molar-refractivity contribution in [3.63, 3.8) is 0 Å². The van der Waals surface area contributed by atoms with Crippen molar-refractivity contribution in [3.8, 4) is 0 Å². The summed E-state index contributed by atoms with van der Waals surface area (Å²) in [6, 6.07) is 18.5. The second-order valence-corrected chi connectivity index (χ2v) is 6.83. The molecule has 0 aromatic heterocycles. The van der Waals surface area contributed by atoms with Gasteiger partial charge in [-0.15, -0.1) is 0 Å². The Morgan fingerprint density at radius 3 is 2.29 bits per heavy atom. The van der Waals surface area contributed by atoms with Crippen molar-refractivity contribution in [2.45, 2.75) is 4.90 Å². The molecule has 0 heterocycles. The number of nitrogens with one attached hydrogen (secondary N) is 1. The minimum atomic E-state index is -3.76. The van der Waals surface area contributed by atoms with Gasteiger partial charge in [0, 0.05) is 5.39 Å². The predicted molar refractivity (Wildman–Crippen MR) is 92.5 cm³/mol. The predicted octanol–water partition coefficient (Wildman–Crippen LogP) is 3.43. The fourth-order valence-corrected chi connectivity index (χ4v) is 3.49. The van der Waals surface area contributed by atoms with Gasteiger partial charge in [0.1, 0.15) is 0 Å². The van der Waals surface area contributed by atoms with Crippen LogP contribution < -0.4 is 4.72 Å². The van der Waals surface area contributed by atoms with E-state index >= 15 is 0 Å². The molecule has 6 heteroatoms. The largest absolute Gasteiger partial charge is 0.465 e. The molecule has 3 rings (SSSR count). The van der Waals surface area contributed by atoms with Crippen molar-refractivity contribution in [2.75, 3.05) is 11.8 Å². The smallest absolute Gasteiger partial charge is 0.337 e. The summed E-state index contributed by atoms with van der Waals surface area (Å²) in [6.07, 6.45) is 0. The molecule has 0 fully saturated rings. The number of methoxy groups -OCH3 is 1. The van der Waals surface area contributed by atoms with Crippen LogP contribution in [-0.2, 0) is 14.8 Å². The zero-order chi connectivity index (χ0) is 17.2. The minimum absolute atomic E-state index is 0.0723. The van der Waals surface area contributed by atoms with Crippen molar-refractivity contribution in [1.82, 2.24) is 0 Å². The lowest BCUT2D eigenvalue weighted by molar-refractivity contribution is 0.0600. The molecule has 0 unspecified atom stereocenters. The van der Waals surface area contributed by atoms with Crippen LogP contribution in [0.3, 0.4) is 0 Å². The topological polar surface area (TPSA) is 72.5 Å². The lowest BCUT2D eigenvalue weighted by Crippen LogP contribution is -2.13. The van der Waals surface area contributed by atoms with Crippen molar-refractivity contribution in [3.05, 3.63) is 72.3 Å². The zero-order valence-corrected chi connectivity index (χ0v) is 13.7. The number of esters is 1. The molecule has 24 heavy (non-hydrogen) atoms. The van der Waals surface area contributed by atoms with Gasteiger partial charge in [-0.3, -0.25) is 4.72 Å². The SMILES string of the molecule is COC(=O)c1ccc(S(=O)(=O)Nc2cccc3ccccc23)cc1. The van der Waals surface area contributed by atoms with Crippen LogP contribution in [0.25, 0.3) is 10.8 Å². The Bertz CT molecular complexity index is 990. The number of benzene rings is 3. The van der Waals surface area contributed by atoms with Crippen LogP contribution in [0.5, 0.6) is 0 Å². The number of sulfonamides is 1. The van der Waals surface area contributed by atoms with E-state index in [1.54, 1.807) is 12.1 Å². The Balaban J connectivity index is 1.95. The zero-order valence-electron chi connectivity index (χ0n) is 12.9. The summed E-state index contributed by atoms with van der Waals surface area (Å²) in [7, 11) is -2.48. The molecule has 0 radical (unpaired) electrons. The first-order valence-electron chi connectivity index (χ1n) is 7.20. The molecule has 0 saturated heterocycles. The molecule has 0 aliphatic heterocycles. The highest BCUT2D eigenvalue weighted by atomic mass is 32.2. The summed E-state index contributed by atoms with van der Waals surface area (Å²) < 4.78 is 32.3. The number of carbonyl (C=O) groups is 1. The van der Waals surface area contributed by atoms with E-state index in [4.69, 9.17) is 0 Å². The molecule has 3 aromatic carbocycles. The van der Waals surface area contributed by atoms with Crippen molar-refractivity contribution < 1.29 is 17.9 Å². The van der Waals surface area contributed by atoms with Gasteiger partial charge in [0.2, 0.25) is 0 Å². The van der Waals surface area contributed by atoms with Crippen LogP contribution in [-0.4, -0.2) is 21.5 Å². The number of rotatable bonds is 4. The number of hydrogen-bond acceptors (Lipinski definition) is 4. The maximum Gasteiger partial charge on any atom is 0.337 e. The number of anilines is 1. The van der Waals surface area contributed by atoms with Crippen LogP contribution in [0.1, 0.15) is 10.4 Å². The molecule has 0 amide bonds. The molecule has 0 aliphatic carbocycles. The third kappa shape index (κ3) is 3.09. The highest BCUT2D eigenvalue weighted by Crippen LogP contribution is 2.25. The van der Waals surface area contributed by atoms with E-state index < -0.39 is 16.0 Å². The first-order valence-corrected chi connectivity index (χ1v) is 8.68. The summed E-state index contributed by atoms with van der Waals surface area (Å²) in [4.78, 5) is 11.5. The molecule has 0 aliphatic rings. The van der Waals surface area contributed by atoms with Crippen LogP contribution in [0, 0.1) is 0 Å². The molecular formula is C18H15NO4S. The maximum atomic E-state index is 12.6. The van der Waals surface area contributed by atoms with Crippen LogP contribution in [0.2, 0.25) is 0 Å². The van der Waals surface area contributed by atoms with Crippen LogP contribution in [0.4, 0.5) is 5.69 Å². The minimum Gasteiger partial charge on any atom is -0.465 e. The van der Waals surface area contributed by atoms with Gasteiger partial charge in [-0.2, -0.15) is 0 Å². The van der Waals surface area contributed by atoms with Gasteiger partial charge in [0.25, 0.3) is 10.0 Å². The first-order chi connectivity index (χ1) is 11.5. The second kappa shape index (κ2) is 6.33. The van der Waals surface area contributed by atoms with Gasteiger partial charge in [0.05, 0.1) is 23.3 Å². The molecule has 0 atom stereocenters. The van der Waals surface area contributed by atoms with Gasteiger partial charge in [-0.05, 0) is 35.7 Å². The Labute approximate surface area is 139 Å². The van der Waals surface area contributed by atoms with Crippen LogP contribution in [0.15, 0.2) is 71.6 Å². The number of carbonyl (C=O) groups excluding carboxylic acids is 1. The van der Waals surface area contributed by atoms with E-state index in [0.717, 1.165) is 10.8 Å². The lowest BCUT2D eigenvalue weighted by Gasteiger charge is -2.11. The third-order valence-electron chi connectivity index (χ3n) is 3.62. The van der Waals surface area contributed by atoms with E-state index in [0.29, 0.717) is 11.3 Å². The lowest BCUT2D eigenvalue weighted by atomic mass is 10.1. The average molecular weight is 341 g/mol. The van der Waals surface area contributed by atoms with E-state index in [-0.39, 0.29) is 4.90 Å². The molecule has 1 N–H and O–H groups in total. The van der Waals surface area contributed by atoms with Gasteiger partial charge >= 0.3 is 5.97 Å².